The first-order valence-electron chi connectivity index (χ1n) is 10.0. The van der Waals surface area contributed by atoms with Crippen LogP contribution >= 0.6 is 11.6 Å². The van der Waals surface area contributed by atoms with Gasteiger partial charge < -0.3 is 4.74 Å². The third kappa shape index (κ3) is 8.13. The summed E-state index contributed by atoms with van der Waals surface area (Å²) in [4.78, 5) is 11.9. The molecule has 0 aliphatic rings. The number of hydrogen-bond donors (Lipinski definition) is 1. The summed E-state index contributed by atoms with van der Waals surface area (Å²) in [6.07, 6.45) is 10.3. The predicted molar refractivity (Wildman–Crippen MR) is 116 cm³/mol. The quantitative estimate of drug-likeness (QED) is 0.260. The van der Waals surface area contributed by atoms with Gasteiger partial charge in [0.05, 0.1) is 17.8 Å². The van der Waals surface area contributed by atoms with E-state index in [9.17, 15) is 4.79 Å². The molecule has 28 heavy (non-hydrogen) atoms. The SMILES string of the molecule is CCCCCCCCCOc1ccc(/C=N/NC(=O)c2ccccc2)c(Cl)c1. The molecule has 2 aromatic rings. The van der Waals surface area contributed by atoms with E-state index in [1.54, 1.807) is 30.3 Å². The molecule has 4 nitrogen and oxygen atoms in total. The van der Waals surface area contributed by atoms with Gasteiger partial charge in [-0.1, -0.05) is 75.2 Å². The summed E-state index contributed by atoms with van der Waals surface area (Å²) in [5, 5.41) is 4.51. The first-order valence-corrected chi connectivity index (χ1v) is 10.4. The van der Waals surface area contributed by atoms with Gasteiger partial charge >= 0.3 is 0 Å². The Hall–Kier alpha value is -2.33. The van der Waals surface area contributed by atoms with Crippen LogP contribution in [0.15, 0.2) is 53.6 Å². The molecule has 2 aromatic carbocycles. The number of ether oxygens (including phenoxy) is 1. The van der Waals surface area contributed by atoms with Crippen molar-refractivity contribution in [2.24, 2.45) is 5.10 Å². The number of carbonyl (C=O) groups excluding carboxylic acids is 1. The van der Waals surface area contributed by atoms with Crippen LogP contribution in [0.25, 0.3) is 0 Å². The summed E-state index contributed by atoms with van der Waals surface area (Å²) in [7, 11) is 0. The molecule has 0 saturated heterocycles. The van der Waals surface area contributed by atoms with Gasteiger partial charge in [0.2, 0.25) is 0 Å². The molecule has 0 bridgehead atoms. The molecule has 0 spiro atoms. The highest BCUT2D eigenvalue weighted by molar-refractivity contribution is 6.33. The second kappa shape index (κ2) is 12.9. The minimum Gasteiger partial charge on any atom is -0.494 e. The minimum absolute atomic E-state index is 0.261. The summed E-state index contributed by atoms with van der Waals surface area (Å²) in [6.45, 7) is 2.93. The first kappa shape index (κ1) is 22.0. The number of amides is 1. The van der Waals surface area contributed by atoms with Gasteiger partial charge in [0.1, 0.15) is 5.75 Å². The summed E-state index contributed by atoms with van der Waals surface area (Å²) in [5.41, 5.74) is 3.77. The van der Waals surface area contributed by atoms with Gasteiger partial charge in [0, 0.05) is 11.1 Å². The largest absolute Gasteiger partial charge is 0.494 e. The minimum atomic E-state index is -0.261. The van der Waals surface area contributed by atoms with Crippen LogP contribution in [0.3, 0.4) is 0 Å². The van der Waals surface area contributed by atoms with E-state index in [0.717, 1.165) is 17.7 Å². The zero-order valence-electron chi connectivity index (χ0n) is 16.5. The molecule has 0 aliphatic carbocycles. The van der Waals surface area contributed by atoms with Crippen molar-refractivity contribution in [2.45, 2.75) is 51.9 Å². The van der Waals surface area contributed by atoms with Crippen LogP contribution in [0.2, 0.25) is 5.02 Å². The smallest absolute Gasteiger partial charge is 0.271 e. The van der Waals surface area contributed by atoms with Crippen LogP contribution in [0, 0.1) is 0 Å². The monoisotopic (exact) mass is 400 g/mol. The Balaban J connectivity index is 1.72. The third-order valence-electron chi connectivity index (χ3n) is 4.39. The maximum atomic E-state index is 11.9. The number of halogens is 1. The second-order valence-corrected chi connectivity index (χ2v) is 7.13. The molecule has 0 radical (unpaired) electrons. The van der Waals surface area contributed by atoms with Crippen LogP contribution in [-0.4, -0.2) is 18.7 Å². The first-order chi connectivity index (χ1) is 13.7. The Morgan fingerprint density at radius 1 is 1.04 bits per heavy atom. The standard InChI is InChI=1S/C23H29ClN2O2/c1-2-3-4-5-6-7-11-16-28-21-15-14-20(22(24)17-21)18-25-26-23(27)19-12-9-8-10-13-19/h8-10,12-15,17-18H,2-7,11,16H2,1H3,(H,26,27)/b25-18+. The molecule has 0 aliphatic heterocycles. The van der Waals surface area contributed by atoms with Crippen molar-refractivity contribution in [1.29, 1.82) is 0 Å². The van der Waals surface area contributed by atoms with Gasteiger partial charge in [-0.3, -0.25) is 4.79 Å². The number of carbonyl (C=O) groups is 1. The van der Waals surface area contributed by atoms with Crippen LogP contribution < -0.4 is 10.2 Å². The van der Waals surface area contributed by atoms with E-state index in [1.165, 1.54) is 44.7 Å². The van der Waals surface area contributed by atoms with Crippen LogP contribution in [-0.2, 0) is 0 Å². The number of rotatable bonds is 12. The van der Waals surface area contributed by atoms with E-state index < -0.39 is 0 Å². The zero-order valence-corrected chi connectivity index (χ0v) is 17.3. The van der Waals surface area contributed by atoms with Crippen molar-refractivity contribution in [3.8, 4) is 5.75 Å². The molecule has 0 aromatic heterocycles. The third-order valence-corrected chi connectivity index (χ3v) is 4.72. The highest BCUT2D eigenvalue weighted by atomic mass is 35.5. The lowest BCUT2D eigenvalue weighted by Gasteiger charge is -2.08. The van der Waals surface area contributed by atoms with E-state index in [0.29, 0.717) is 17.2 Å². The Morgan fingerprint density at radius 2 is 1.75 bits per heavy atom. The molecule has 5 heteroatoms. The average molecular weight is 401 g/mol. The lowest BCUT2D eigenvalue weighted by Crippen LogP contribution is -2.17. The Bertz CT molecular complexity index is 748. The zero-order chi connectivity index (χ0) is 20.0. The molecule has 0 atom stereocenters. The number of hydrazone groups is 1. The summed E-state index contributed by atoms with van der Waals surface area (Å²) in [5.74, 6) is 0.490. The van der Waals surface area contributed by atoms with Crippen molar-refractivity contribution in [2.75, 3.05) is 6.61 Å². The molecule has 0 saturated carbocycles. The van der Waals surface area contributed by atoms with Gasteiger partial charge in [-0.25, -0.2) is 5.43 Å². The predicted octanol–water partition coefficient (Wildman–Crippen LogP) is 6.23. The van der Waals surface area contributed by atoms with E-state index >= 15 is 0 Å². The number of nitrogens with one attached hydrogen (secondary N) is 1. The maximum absolute atomic E-state index is 11.9. The van der Waals surface area contributed by atoms with Gasteiger partial charge in [-0.15, -0.1) is 0 Å². The Kier molecular flexibility index (Phi) is 10.2. The summed E-state index contributed by atoms with van der Waals surface area (Å²) < 4.78 is 5.77. The second-order valence-electron chi connectivity index (χ2n) is 6.72. The molecule has 0 heterocycles. The summed E-state index contributed by atoms with van der Waals surface area (Å²) in [6, 6.07) is 14.4. The normalized spacial score (nSPS) is 10.9. The molecule has 0 unspecified atom stereocenters. The molecule has 2 rings (SSSR count). The number of benzene rings is 2. The highest BCUT2D eigenvalue weighted by Crippen LogP contribution is 2.21. The van der Waals surface area contributed by atoms with Crippen LogP contribution in [0.5, 0.6) is 5.75 Å². The van der Waals surface area contributed by atoms with E-state index in [2.05, 4.69) is 17.5 Å². The lowest BCUT2D eigenvalue weighted by molar-refractivity contribution is 0.0955. The molecule has 1 amide bonds. The number of unbranched alkanes of at least 4 members (excludes halogenated alkanes) is 6. The van der Waals surface area contributed by atoms with Gasteiger partial charge in [-0.2, -0.15) is 5.10 Å². The molecular weight excluding hydrogens is 372 g/mol. The van der Waals surface area contributed by atoms with Crippen molar-refractivity contribution in [1.82, 2.24) is 5.43 Å². The molecular formula is C23H29ClN2O2. The van der Waals surface area contributed by atoms with Gasteiger partial charge in [0.25, 0.3) is 5.91 Å². The number of nitrogens with zero attached hydrogens (tertiary/aromatic N) is 1. The molecule has 1 N–H and O–H groups in total. The van der Waals surface area contributed by atoms with Crippen molar-refractivity contribution in [3.05, 3.63) is 64.7 Å². The van der Waals surface area contributed by atoms with Crippen molar-refractivity contribution < 1.29 is 9.53 Å². The fourth-order valence-electron chi connectivity index (χ4n) is 2.77. The van der Waals surface area contributed by atoms with Crippen LogP contribution in [0.1, 0.15) is 67.8 Å². The number of hydrogen-bond acceptors (Lipinski definition) is 3. The van der Waals surface area contributed by atoms with E-state index in [-0.39, 0.29) is 5.91 Å². The fraction of sp³-hybridized carbons (Fsp3) is 0.391. The molecule has 0 fully saturated rings. The van der Waals surface area contributed by atoms with E-state index in [4.69, 9.17) is 16.3 Å². The van der Waals surface area contributed by atoms with Crippen LogP contribution in [0.4, 0.5) is 0 Å². The van der Waals surface area contributed by atoms with Gasteiger partial charge in [-0.05, 0) is 36.8 Å². The van der Waals surface area contributed by atoms with Gasteiger partial charge in [0.15, 0.2) is 0 Å². The highest BCUT2D eigenvalue weighted by Gasteiger charge is 2.04. The van der Waals surface area contributed by atoms with E-state index in [1.807, 2.05) is 18.2 Å². The fourth-order valence-corrected chi connectivity index (χ4v) is 2.99. The lowest BCUT2D eigenvalue weighted by atomic mass is 10.1. The maximum Gasteiger partial charge on any atom is 0.271 e. The van der Waals surface area contributed by atoms with Crippen molar-refractivity contribution >= 4 is 23.7 Å². The average Bonchev–Trinajstić information content (AvgIpc) is 2.72. The summed E-state index contributed by atoms with van der Waals surface area (Å²) >= 11 is 6.29. The molecule has 150 valence electrons. The van der Waals surface area contributed by atoms with Crippen molar-refractivity contribution in [3.63, 3.8) is 0 Å². The Morgan fingerprint density at radius 3 is 2.46 bits per heavy atom. The topological polar surface area (TPSA) is 50.7 Å². The Labute approximate surface area is 172 Å².